The molecule has 0 aromatic heterocycles. The predicted octanol–water partition coefficient (Wildman–Crippen LogP) is 1.97. The monoisotopic (exact) mass is 315 g/mol. The summed E-state index contributed by atoms with van der Waals surface area (Å²) in [7, 11) is 0. The van der Waals surface area contributed by atoms with Gasteiger partial charge in [-0.1, -0.05) is 24.3 Å². The molecule has 2 rings (SSSR count). The molecule has 6 heteroatoms. The minimum Gasteiger partial charge on any atom is -0.366 e. The topological polar surface area (TPSA) is 84.2 Å². The van der Waals surface area contributed by atoms with Crippen LogP contribution in [0.4, 0.5) is 9.18 Å². The number of rotatable bonds is 6. The smallest absolute Gasteiger partial charge is 0.315 e. The molecule has 0 saturated heterocycles. The van der Waals surface area contributed by atoms with Crippen LogP contribution in [0.2, 0.25) is 0 Å². The van der Waals surface area contributed by atoms with Crippen molar-refractivity contribution in [1.82, 2.24) is 10.6 Å². The summed E-state index contributed by atoms with van der Waals surface area (Å²) in [5.74, 6) is -0.798. The van der Waals surface area contributed by atoms with Gasteiger partial charge in [-0.2, -0.15) is 0 Å². The van der Waals surface area contributed by atoms with Crippen molar-refractivity contribution in [3.05, 3.63) is 71.0 Å². The zero-order valence-corrected chi connectivity index (χ0v) is 12.5. The Bertz CT molecular complexity index is 704. The first-order valence-electron chi connectivity index (χ1n) is 7.19. The van der Waals surface area contributed by atoms with Gasteiger partial charge in [0.2, 0.25) is 5.91 Å². The normalized spacial score (nSPS) is 10.1. The standard InChI is InChI=1S/C17H18FN3O2/c18-15-6-2-3-12(10-15)7-8-20-17(23)21-11-13-4-1-5-14(9-13)16(19)22/h1-6,9-10H,7-8,11H2,(H2,19,22)(H2,20,21,23). The maximum absolute atomic E-state index is 13.0. The van der Waals surface area contributed by atoms with Crippen molar-refractivity contribution in [3.63, 3.8) is 0 Å². The van der Waals surface area contributed by atoms with Gasteiger partial charge in [0.25, 0.3) is 0 Å². The highest BCUT2D eigenvalue weighted by Gasteiger charge is 2.04. The van der Waals surface area contributed by atoms with E-state index in [1.54, 1.807) is 36.4 Å². The van der Waals surface area contributed by atoms with Crippen molar-refractivity contribution in [1.29, 1.82) is 0 Å². The lowest BCUT2D eigenvalue weighted by molar-refractivity contribution is 0.1000. The number of urea groups is 1. The Balaban J connectivity index is 1.75. The molecule has 120 valence electrons. The largest absolute Gasteiger partial charge is 0.366 e. The van der Waals surface area contributed by atoms with E-state index >= 15 is 0 Å². The lowest BCUT2D eigenvalue weighted by Crippen LogP contribution is -2.36. The highest BCUT2D eigenvalue weighted by atomic mass is 19.1. The third-order valence-corrected chi connectivity index (χ3v) is 3.25. The molecule has 0 aliphatic rings. The van der Waals surface area contributed by atoms with Crippen LogP contribution in [0.5, 0.6) is 0 Å². The third-order valence-electron chi connectivity index (χ3n) is 3.25. The Hall–Kier alpha value is -2.89. The van der Waals surface area contributed by atoms with Crippen LogP contribution >= 0.6 is 0 Å². The van der Waals surface area contributed by atoms with Gasteiger partial charge in [0, 0.05) is 18.7 Å². The summed E-state index contributed by atoms with van der Waals surface area (Å²) in [5, 5.41) is 5.38. The average Bonchev–Trinajstić information content (AvgIpc) is 2.53. The molecule has 2 aromatic carbocycles. The van der Waals surface area contributed by atoms with Crippen LogP contribution in [-0.2, 0) is 13.0 Å². The minimum absolute atomic E-state index is 0.285. The fraction of sp³-hybridized carbons (Fsp3) is 0.176. The molecule has 0 aliphatic carbocycles. The molecule has 0 atom stereocenters. The fourth-order valence-electron chi connectivity index (χ4n) is 2.09. The molecule has 2 aromatic rings. The van der Waals surface area contributed by atoms with E-state index in [9.17, 15) is 14.0 Å². The van der Waals surface area contributed by atoms with Gasteiger partial charge >= 0.3 is 6.03 Å². The molecule has 3 amide bonds. The summed E-state index contributed by atoms with van der Waals surface area (Å²) >= 11 is 0. The molecule has 0 saturated carbocycles. The molecule has 4 N–H and O–H groups in total. The zero-order chi connectivity index (χ0) is 16.7. The van der Waals surface area contributed by atoms with Gasteiger partial charge in [0.15, 0.2) is 0 Å². The molecule has 0 unspecified atom stereocenters. The number of amides is 3. The van der Waals surface area contributed by atoms with E-state index < -0.39 is 5.91 Å². The Kier molecular flexibility index (Phi) is 5.68. The molecule has 0 radical (unpaired) electrons. The number of nitrogens with two attached hydrogens (primary N) is 1. The molecular weight excluding hydrogens is 297 g/mol. The first-order valence-corrected chi connectivity index (χ1v) is 7.19. The summed E-state index contributed by atoms with van der Waals surface area (Å²) in [6, 6.07) is 12.7. The van der Waals surface area contributed by atoms with Gasteiger partial charge in [-0.3, -0.25) is 4.79 Å². The van der Waals surface area contributed by atoms with E-state index in [0.29, 0.717) is 18.5 Å². The SMILES string of the molecule is NC(=O)c1cccc(CNC(=O)NCCc2cccc(F)c2)c1. The first-order chi connectivity index (χ1) is 11.0. The third kappa shape index (κ3) is 5.43. The van der Waals surface area contributed by atoms with E-state index in [4.69, 9.17) is 5.73 Å². The second kappa shape index (κ2) is 7.93. The molecule has 23 heavy (non-hydrogen) atoms. The number of primary amides is 1. The first kappa shape index (κ1) is 16.5. The molecule has 0 aliphatic heterocycles. The Morgan fingerprint density at radius 2 is 1.74 bits per heavy atom. The quantitative estimate of drug-likeness (QED) is 0.761. The maximum atomic E-state index is 13.0. The maximum Gasteiger partial charge on any atom is 0.315 e. The highest BCUT2D eigenvalue weighted by Crippen LogP contribution is 2.05. The van der Waals surface area contributed by atoms with Crippen LogP contribution in [0.25, 0.3) is 0 Å². The number of carbonyl (C=O) groups is 2. The van der Waals surface area contributed by atoms with Crippen molar-refractivity contribution in [2.24, 2.45) is 5.73 Å². The van der Waals surface area contributed by atoms with E-state index in [0.717, 1.165) is 11.1 Å². The van der Waals surface area contributed by atoms with E-state index in [-0.39, 0.29) is 18.4 Å². The number of carbonyl (C=O) groups excluding carboxylic acids is 2. The number of hydrogen-bond acceptors (Lipinski definition) is 2. The van der Waals surface area contributed by atoms with Gasteiger partial charge in [-0.05, 0) is 41.8 Å². The van der Waals surface area contributed by atoms with Crippen LogP contribution in [0.3, 0.4) is 0 Å². The molecule has 0 heterocycles. The fourth-order valence-corrected chi connectivity index (χ4v) is 2.09. The Labute approximate surface area is 133 Å². The van der Waals surface area contributed by atoms with E-state index in [1.807, 2.05) is 0 Å². The van der Waals surface area contributed by atoms with Crippen molar-refractivity contribution < 1.29 is 14.0 Å². The van der Waals surface area contributed by atoms with E-state index in [1.165, 1.54) is 12.1 Å². The van der Waals surface area contributed by atoms with Crippen LogP contribution in [0, 0.1) is 5.82 Å². The number of halogens is 1. The molecular formula is C17H18FN3O2. The summed E-state index contributed by atoms with van der Waals surface area (Å²) in [6.07, 6.45) is 0.544. The lowest BCUT2D eigenvalue weighted by Gasteiger charge is -2.08. The molecule has 5 nitrogen and oxygen atoms in total. The number of benzene rings is 2. The van der Waals surface area contributed by atoms with Gasteiger partial charge in [-0.15, -0.1) is 0 Å². The van der Waals surface area contributed by atoms with Gasteiger partial charge in [0.1, 0.15) is 5.82 Å². The lowest BCUT2D eigenvalue weighted by atomic mass is 10.1. The van der Waals surface area contributed by atoms with Crippen molar-refractivity contribution in [2.75, 3.05) is 6.54 Å². The van der Waals surface area contributed by atoms with Crippen LogP contribution in [0.15, 0.2) is 48.5 Å². The molecule has 0 bridgehead atoms. The minimum atomic E-state index is -0.508. The van der Waals surface area contributed by atoms with Crippen molar-refractivity contribution in [2.45, 2.75) is 13.0 Å². The molecule has 0 fully saturated rings. The summed E-state index contributed by atoms with van der Waals surface area (Å²) < 4.78 is 13.0. The van der Waals surface area contributed by atoms with Crippen LogP contribution < -0.4 is 16.4 Å². The van der Waals surface area contributed by atoms with Crippen molar-refractivity contribution >= 4 is 11.9 Å². The second-order valence-electron chi connectivity index (χ2n) is 5.05. The second-order valence-corrected chi connectivity index (χ2v) is 5.05. The van der Waals surface area contributed by atoms with Gasteiger partial charge in [0.05, 0.1) is 0 Å². The summed E-state index contributed by atoms with van der Waals surface area (Å²) in [4.78, 5) is 22.8. The zero-order valence-electron chi connectivity index (χ0n) is 12.5. The Morgan fingerprint density at radius 3 is 2.48 bits per heavy atom. The van der Waals surface area contributed by atoms with Crippen molar-refractivity contribution in [3.8, 4) is 0 Å². The highest BCUT2D eigenvalue weighted by molar-refractivity contribution is 5.92. The summed E-state index contributed by atoms with van der Waals surface area (Å²) in [6.45, 7) is 0.684. The molecule has 0 spiro atoms. The average molecular weight is 315 g/mol. The Morgan fingerprint density at radius 1 is 1.00 bits per heavy atom. The van der Waals surface area contributed by atoms with Gasteiger partial charge < -0.3 is 16.4 Å². The van der Waals surface area contributed by atoms with E-state index in [2.05, 4.69) is 10.6 Å². The number of hydrogen-bond donors (Lipinski definition) is 3. The predicted molar refractivity (Wildman–Crippen MR) is 85.3 cm³/mol. The van der Waals surface area contributed by atoms with Crippen LogP contribution in [-0.4, -0.2) is 18.5 Å². The summed E-state index contributed by atoms with van der Waals surface area (Å²) in [5.41, 5.74) is 7.20. The van der Waals surface area contributed by atoms with Crippen LogP contribution in [0.1, 0.15) is 21.5 Å². The van der Waals surface area contributed by atoms with Gasteiger partial charge in [-0.25, -0.2) is 9.18 Å². The number of nitrogens with one attached hydrogen (secondary N) is 2.